The molecule has 3 rings (SSSR count). The molecule has 0 radical (unpaired) electrons. The maximum absolute atomic E-state index is 12.6. The van der Waals surface area contributed by atoms with Gasteiger partial charge in [0.05, 0.1) is 18.7 Å². The summed E-state index contributed by atoms with van der Waals surface area (Å²) in [6, 6.07) is 17.8. The standard InChI is InChI=1S/C22H27ClN2O2/c1-17(19-9-11-20(23)12-10-19)24-22(26)16-25(15-21-8-5-13-27-21)14-18-6-3-2-4-7-18/h2-4,6-7,9-12,17,21H,5,8,13-16H2,1H3,(H,24,26). The molecule has 0 bridgehead atoms. The monoisotopic (exact) mass is 386 g/mol. The summed E-state index contributed by atoms with van der Waals surface area (Å²) in [5, 5.41) is 3.79. The van der Waals surface area contributed by atoms with Crippen molar-refractivity contribution in [3.8, 4) is 0 Å². The van der Waals surface area contributed by atoms with Gasteiger partial charge < -0.3 is 10.1 Å². The second kappa shape index (κ2) is 9.88. The number of rotatable bonds is 8. The lowest BCUT2D eigenvalue weighted by molar-refractivity contribution is -0.123. The van der Waals surface area contributed by atoms with Crippen molar-refractivity contribution >= 4 is 17.5 Å². The second-order valence-electron chi connectivity index (χ2n) is 7.13. The van der Waals surface area contributed by atoms with E-state index in [9.17, 15) is 4.79 Å². The normalized spacial score (nSPS) is 17.8. The average Bonchev–Trinajstić information content (AvgIpc) is 3.16. The molecule has 27 heavy (non-hydrogen) atoms. The summed E-state index contributed by atoms with van der Waals surface area (Å²) in [5.74, 6) is 0.0198. The average molecular weight is 387 g/mol. The van der Waals surface area contributed by atoms with Crippen molar-refractivity contribution < 1.29 is 9.53 Å². The van der Waals surface area contributed by atoms with Gasteiger partial charge in [-0.1, -0.05) is 54.1 Å². The number of halogens is 1. The molecular weight excluding hydrogens is 360 g/mol. The van der Waals surface area contributed by atoms with Gasteiger partial charge in [0.2, 0.25) is 5.91 Å². The lowest BCUT2D eigenvalue weighted by atomic mass is 10.1. The maximum atomic E-state index is 12.6. The van der Waals surface area contributed by atoms with Crippen LogP contribution < -0.4 is 5.32 Å². The molecule has 1 aliphatic rings. The topological polar surface area (TPSA) is 41.6 Å². The van der Waals surface area contributed by atoms with E-state index in [0.717, 1.165) is 38.1 Å². The van der Waals surface area contributed by atoms with E-state index in [1.54, 1.807) is 0 Å². The fourth-order valence-corrected chi connectivity index (χ4v) is 3.55. The van der Waals surface area contributed by atoms with E-state index in [4.69, 9.17) is 16.3 Å². The number of carbonyl (C=O) groups excluding carboxylic acids is 1. The van der Waals surface area contributed by atoms with Crippen molar-refractivity contribution in [2.24, 2.45) is 0 Å². The van der Waals surface area contributed by atoms with E-state index in [0.29, 0.717) is 11.6 Å². The van der Waals surface area contributed by atoms with E-state index < -0.39 is 0 Å². The first-order chi connectivity index (χ1) is 13.1. The number of nitrogens with zero attached hydrogens (tertiary/aromatic N) is 1. The zero-order valence-corrected chi connectivity index (χ0v) is 16.5. The Balaban J connectivity index is 1.59. The summed E-state index contributed by atoms with van der Waals surface area (Å²) >= 11 is 5.94. The van der Waals surface area contributed by atoms with Gasteiger partial charge in [-0.05, 0) is 43.0 Å². The molecule has 2 atom stereocenters. The molecule has 144 valence electrons. The maximum Gasteiger partial charge on any atom is 0.234 e. The van der Waals surface area contributed by atoms with Crippen molar-refractivity contribution in [1.82, 2.24) is 10.2 Å². The van der Waals surface area contributed by atoms with E-state index >= 15 is 0 Å². The molecule has 5 heteroatoms. The molecule has 0 aliphatic carbocycles. The minimum atomic E-state index is -0.0592. The van der Waals surface area contributed by atoms with Crippen LogP contribution in [0.1, 0.15) is 36.9 Å². The van der Waals surface area contributed by atoms with Gasteiger partial charge in [-0.2, -0.15) is 0 Å². The first-order valence-electron chi connectivity index (χ1n) is 9.53. The molecule has 0 saturated carbocycles. The minimum absolute atomic E-state index is 0.0198. The Hall–Kier alpha value is -1.88. The van der Waals surface area contributed by atoms with Gasteiger partial charge in [-0.3, -0.25) is 9.69 Å². The number of benzene rings is 2. The Morgan fingerprint density at radius 1 is 1.22 bits per heavy atom. The zero-order chi connectivity index (χ0) is 19.1. The Bertz CT molecular complexity index is 715. The third-order valence-electron chi connectivity index (χ3n) is 4.85. The lowest BCUT2D eigenvalue weighted by Crippen LogP contribution is -2.41. The summed E-state index contributed by atoms with van der Waals surface area (Å²) in [6.07, 6.45) is 2.38. The molecule has 4 nitrogen and oxygen atoms in total. The van der Waals surface area contributed by atoms with Crippen molar-refractivity contribution in [3.63, 3.8) is 0 Å². The molecule has 0 aromatic heterocycles. The number of ether oxygens (including phenoxy) is 1. The number of amides is 1. The van der Waals surface area contributed by atoms with Crippen LogP contribution in [0.25, 0.3) is 0 Å². The van der Waals surface area contributed by atoms with Gasteiger partial charge in [0, 0.05) is 24.7 Å². The molecule has 1 N–H and O–H groups in total. The molecule has 0 spiro atoms. The van der Waals surface area contributed by atoms with Crippen LogP contribution in [0.5, 0.6) is 0 Å². The lowest BCUT2D eigenvalue weighted by Gasteiger charge is -2.25. The molecule has 2 unspecified atom stereocenters. The van der Waals surface area contributed by atoms with Crippen molar-refractivity contribution in [2.45, 2.75) is 38.5 Å². The quantitative estimate of drug-likeness (QED) is 0.739. The summed E-state index contributed by atoms with van der Waals surface area (Å²) in [7, 11) is 0. The fourth-order valence-electron chi connectivity index (χ4n) is 3.43. The van der Waals surface area contributed by atoms with Gasteiger partial charge in [0.1, 0.15) is 0 Å². The van der Waals surface area contributed by atoms with Gasteiger partial charge in [-0.15, -0.1) is 0 Å². The Labute approximate surface area is 166 Å². The van der Waals surface area contributed by atoms with Gasteiger partial charge in [0.25, 0.3) is 0 Å². The third-order valence-corrected chi connectivity index (χ3v) is 5.10. The predicted molar refractivity (Wildman–Crippen MR) is 109 cm³/mol. The van der Waals surface area contributed by atoms with Gasteiger partial charge in [0.15, 0.2) is 0 Å². The van der Waals surface area contributed by atoms with E-state index in [2.05, 4.69) is 22.3 Å². The highest BCUT2D eigenvalue weighted by atomic mass is 35.5. The summed E-state index contributed by atoms with van der Waals surface area (Å²) < 4.78 is 5.78. The summed E-state index contributed by atoms with van der Waals surface area (Å²) in [5.41, 5.74) is 2.25. The second-order valence-corrected chi connectivity index (χ2v) is 7.57. The van der Waals surface area contributed by atoms with Crippen LogP contribution in [0.2, 0.25) is 5.02 Å². The van der Waals surface area contributed by atoms with E-state index in [-0.39, 0.29) is 18.1 Å². The first kappa shape index (κ1) is 19.9. The van der Waals surface area contributed by atoms with Crippen LogP contribution in [-0.2, 0) is 16.1 Å². The molecule has 2 aromatic rings. The first-order valence-corrected chi connectivity index (χ1v) is 9.90. The molecular formula is C22H27ClN2O2. The molecule has 1 fully saturated rings. The minimum Gasteiger partial charge on any atom is -0.377 e. The predicted octanol–water partition coefficient (Wildman–Crippen LogP) is 4.20. The zero-order valence-electron chi connectivity index (χ0n) is 15.7. The van der Waals surface area contributed by atoms with Crippen molar-refractivity contribution in [3.05, 3.63) is 70.7 Å². The Morgan fingerprint density at radius 3 is 2.63 bits per heavy atom. The van der Waals surface area contributed by atoms with Crippen LogP contribution in [0, 0.1) is 0 Å². The van der Waals surface area contributed by atoms with Crippen molar-refractivity contribution in [1.29, 1.82) is 0 Å². The highest BCUT2D eigenvalue weighted by molar-refractivity contribution is 6.30. The summed E-state index contributed by atoms with van der Waals surface area (Å²) in [6.45, 7) is 4.68. The van der Waals surface area contributed by atoms with Crippen molar-refractivity contribution in [2.75, 3.05) is 19.7 Å². The fraction of sp³-hybridized carbons (Fsp3) is 0.409. The van der Waals surface area contributed by atoms with Crippen LogP contribution in [0.15, 0.2) is 54.6 Å². The molecule has 2 aromatic carbocycles. The largest absolute Gasteiger partial charge is 0.377 e. The molecule has 1 aliphatic heterocycles. The van der Waals surface area contributed by atoms with Crippen LogP contribution in [0.4, 0.5) is 0 Å². The summed E-state index contributed by atoms with van der Waals surface area (Å²) in [4.78, 5) is 14.8. The number of hydrogen-bond acceptors (Lipinski definition) is 3. The number of nitrogens with one attached hydrogen (secondary N) is 1. The van der Waals surface area contributed by atoms with Gasteiger partial charge >= 0.3 is 0 Å². The highest BCUT2D eigenvalue weighted by Crippen LogP contribution is 2.17. The van der Waals surface area contributed by atoms with E-state index in [1.165, 1.54) is 5.56 Å². The van der Waals surface area contributed by atoms with Gasteiger partial charge in [-0.25, -0.2) is 0 Å². The van der Waals surface area contributed by atoms with Crippen LogP contribution in [-0.4, -0.2) is 36.6 Å². The molecule has 1 saturated heterocycles. The molecule has 1 amide bonds. The SMILES string of the molecule is CC(NC(=O)CN(Cc1ccccc1)CC1CCCO1)c1ccc(Cl)cc1. The van der Waals surface area contributed by atoms with Crippen LogP contribution in [0.3, 0.4) is 0 Å². The third kappa shape index (κ3) is 6.35. The Morgan fingerprint density at radius 2 is 1.96 bits per heavy atom. The highest BCUT2D eigenvalue weighted by Gasteiger charge is 2.21. The number of hydrogen-bond donors (Lipinski definition) is 1. The Kier molecular flexibility index (Phi) is 7.27. The van der Waals surface area contributed by atoms with Crippen LogP contribution >= 0.6 is 11.6 Å². The smallest absolute Gasteiger partial charge is 0.234 e. The number of carbonyl (C=O) groups is 1. The van der Waals surface area contributed by atoms with E-state index in [1.807, 2.05) is 49.4 Å². The molecule has 1 heterocycles.